The molecule has 5 heteroatoms. The van der Waals surface area contributed by atoms with Crippen molar-refractivity contribution in [3.05, 3.63) is 35.0 Å². The molecule has 2 rings (SSSR count). The minimum atomic E-state index is 0.599. The van der Waals surface area contributed by atoms with Gasteiger partial charge in [-0.2, -0.15) is 4.98 Å². The van der Waals surface area contributed by atoms with Crippen molar-refractivity contribution < 1.29 is 4.74 Å². The molecule has 0 unspecified atom stereocenters. The number of aryl methyl sites for hydroxylation is 1. The van der Waals surface area contributed by atoms with Crippen molar-refractivity contribution in [3.63, 3.8) is 0 Å². The molecule has 0 bridgehead atoms. The van der Waals surface area contributed by atoms with Crippen LogP contribution >= 0.6 is 11.6 Å². The Labute approximate surface area is 143 Å². The lowest BCUT2D eigenvalue weighted by atomic mass is 10.2. The molecule has 1 heterocycles. The molecule has 1 aromatic carbocycles. The van der Waals surface area contributed by atoms with Gasteiger partial charge in [0.2, 0.25) is 5.88 Å². The molecule has 0 fully saturated rings. The first-order chi connectivity index (χ1) is 11.1. The first-order valence-electron chi connectivity index (χ1n) is 8.04. The second-order valence-electron chi connectivity index (χ2n) is 5.46. The lowest BCUT2D eigenvalue weighted by Gasteiger charge is -2.26. The summed E-state index contributed by atoms with van der Waals surface area (Å²) in [7, 11) is 1.65. The van der Waals surface area contributed by atoms with E-state index in [2.05, 4.69) is 28.7 Å². The highest BCUT2D eigenvalue weighted by atomic mass is 35.5. The van der Waals surface area contributed by atoms with Crippen molar-refractivity contribution in [2.75, 3.05) is 25.1 Å². The molecule has 23 heavy (non-hydrogen) atoms. The Morgan fingerprint density at radius 2 is 1.74 bits per heavy atom. The van der Waals surface area contributed by atoms with Crippen LogP contribution in [0.25, 0.3) is 11.4 Å². The molecule has 4 nitrogen and oxygen atoms in total. The van der Waals surface area contributed by atoms with Gasteiger partial charge in [0.25, 0.3) is 0 Å². The summed E-state index contributed by atoms with van der Waals surface area (Å²) in [6.07, 6.45) is 2.13. The Morgan fingerprint density at radius 3 is 2.30 bits per heavy atom. The number of benzene rings is 1. The third-order valence-electron chi connectivity index (χ3n) is 3.64. The topological polar surface area (TPSA) is 38.2 Å². The van der Waals surface area contributed by atoms with Crippen molar-refractivity contribution in [2.24, 2.45) is 0 Å². The number of hydrogen-bond donors (Lipinski definition) is 0. The van der Waals surface area contributed by atoms with Gasteiger partial charge in [-0.1, -0.05) is 37.6 Å². The van der Waals surface area contributed by atoms with E-state index in [1.165, 1.54) is 0 Å². The molecule has 2 aromatic rings. The van der Waals surface area contributed by atoms with Crippen molar-refractivity contribution in [1.82, 2.24) is 9.97 Å². The highest BCUT2D eigenvalue weighted by molar-refractivity contribution is 6.33. The van der Waals surface area contributed by atoms with E-state index >= 15 is 0 Å². The highest BCUT2D eigenvalue weighted by Crippen LogP contribution is 2.33. The molecule has 0 aliphatic rings. The maximum Gasteiger partial charge on any atom is 0.241 e. The number of rotatable bonds is 7. The Hall–Kier alpha value is -1.81. The number of ether oxygens (including phenoxy) is 1. The highest BCUT2D eigenvalue weighted by Gasteiger charge is 2.19. The van der Waals surface area contributed by atoms with Crippen LogP contribution in [0.15, 0.2) is 24.3 Å². The van der Waals surface area contributed by atoms with E-state index in [9.17, 15) is 0 Å². The predicted molar refractivity (Wildman–Crippen MR) is 96.6 cm³/mol. The monoisotopic (exact) mass is 333 g/mol. The first kappa shape index (κ1) is 17.5. The van der Waals surface area contributed by atoms with Gasteiger partial charge in [-0.25, -0.2) is 4.98 Å². The van der Waals surface area contributed by atoms with Crippen LogP contribution in [0.2, 0.25) is 5.02 Å². The molecule has 0 amide bonds. The van der Waals surface area contributed by atoms with E-state index in [-0.39, 0.29) is 0 Å². The van der Waals surface area contributed by atoms with E-state index in [0.29, 0.717) is 16.7 Å². The minimum Gasteiger partial charge on any atom is -0.479 e. The maximum atomic E-state index is 6.28. The lowest BCUT2D eigenvalue weighted by Crippen LogP contribution is -2.27. The Morgan fingerprint density at radius 1 is 1.09 bits per heavy atom. The van der Waals surface area contributed by atoms with Crippen LogP contribution in [-0.4, -0.2) is 30.2 Å². The zero-order chi connectivity index (χ0) is 16.8. The summed E-state index contributed by atoms with van der Waals surface area (Å²) in [6, 6.07) is 7.60. The van der Waals surface area contributed by atoms with Crippen LogP contribution in [0.3, 0.4) is 0 Å². The third kappa shape index (κ3) is 3.94. The van der Waals surface area contributed by atoms with Crippen LogP contribution in [0.4, 0.5) is 5.69 Å². The summed E-state index contributed by atoms with van der Waals surface area (Å²) in [5.74, 6) is 1.20. The first-order valence-corrected chi connectivity index (χ1v) is 8.42. The van der Waals surface area contributed by atoms with Crippen LogP contribution in [-0.2, 0) is 0 Å². The SMILES string of the molecule is CCCN(CCC)c1c(C)nc(-c2ccccc2Cl)nc1OC. The molecule has 124 valence electrons. The van der Waals surface area contributed by atoms with Gasteiger partial charge in [-0.05, 0) is 31.9 Å². The van der Waals surface area contributed by atoms with Gasteiger partial charge < -0.3 is 9.64 Å². The molecule has 0 saturated heterocycles. The quantitative estimate of drug-likeness (QED) is 0.733. The molecule has 0 N–H and O–H groups in total. The largest absolute Gasteiger partial charge is 0.479 e. The maximum absolute atomic E-state index is 6.28. The van der Waals surface area contributed by atoms with Crippen LogP contribution in [0.1, 0.15) is 32.4 Å². The van der Waals surface area contributed by atoms with Crippen molar-refractivity contribution in [3.8, 4) is 17.3 Å². The second kappa shape index (κ2) is 8.16. The number of methoxy groups -OCH3 is 1. The van der Waals surface area contributed by atoms with Crippen LogP contribution in [0, 0.1) is 6.92 Å². The van der Waals surface area contributed by atoms with E-state index in [1.807, 2.05) is 31.2 Å². The lowest BCUT2D eigenvalue weighted by molar-refractivity contribution is 0.396. The molecular weight excluding hydrogens is 310 g/mol. The number of anilines is 1. The Bertz CT molecular complexity index is 655. The second-order valence-corrected chi connectivity index (χ2v) is 5.86. The fraction of sp³-hybridized carbons (Fsp3) is 0.444. The minimum absolute atomic E-state index is 0.599. The molecule has 0 spiro atoms. The predicted octanol–water partition coefficient (Wildman–Crippen LogP) is 4.74. The van der Waals surface area contributed by atoms with E-state index in [1.54, 1.807) is 7.11 Å². The van der Waals surface area contributed by atoms with Gasteiger partial charge in [-0.3, -0.25) is 0 Å². The van der Waals surface area contributed by atoms with Crippen LogP contribution in [0.5, 0.6) is 5.88 Å². The smallest absolute Gasteiger partial charge is 0.241 e. The van der Waals surface area contributed by atoms with Gasteiger partial charge in [0, 0.05) is 18.7 Å². The van der Waals surface area contributed by atoms with Gasteiger partial charge in [0.05, 0.1) is 17.8 Å². The normalized spacial score (nSPS) is 10.7. The van der Waals surface area contributed by atoms with Gasteiger partial charge >= 0.3 is 0 Å². The molecule has 0 radical (unpaired) electrons. The summed E-state index contributed by atoms with van der Waals surface area (Å²) in [4.78, 5) is 11.6. The number of hydrogen-bond acceptors (Lipinski definition) is 4. The van der Waals surface area contributed by atoms with Gasteiger partial charge in [-0.15, -0.1) is 0 Å². The van der Waals surface area contributed by atoms with Crippen molar-refractivity contribution >= 4 is 17.3 Å². The van der Waals surface area contributed by atoms with Gasteiger partial charge in [0.1, 0.15) is 5.69 Å². The average Bonchev–Trinajstić information content (AvgIpc) is 2.54. The molecule has 0 saturated carbocycles. The number of nitrogens with zero attached hydrogens (tertiary/aromatic N) is 3. The summed E-state index contributed by atoms with van der Waals surface area (Å²) in [6.45, 7) is 8.25. The average molecular weight is 334 g/mol. The zero-order valence-electron chi connectivity index (χ0n) is 14.3. The molecule has 1 aromatic heterocycles. The molecule has 0 aliphatic carbocycles. The number of halogens is 1. The number of aromatic nitrogens is 2. The molecular formula is C18H24ClN3O. The van der Waals surface area contributed by atoms with Crippen molar-refractivity contribution in [2.45, 2.75) is 33.6 Å². The fourth-order valence-electron chi connectivity index (χ4n) is 2.69. The van der Waals surface area contributed by atoms with E-state index in [4.69, 9.17) is 16.3 Å². The molecule has 0 aliphatic heterocycles. The summed E-state index contributed by atoms with van der Waals surface area (Å²) < 4.78 is 5.57. The fourth-order valence-corrected chi connectivity index (χ4v) is 2.91. The summed E-state index contributed by atoms with van der Waals surface area (Å²) >= 11 is 6.28. The van der Waals surface area contributed by atoms with Crippen molar-refractivity contribution in [1.29, 1.82) is 0 Å². The molecule has 0 atom stereocenters. The van der Waals surface area contributed by atoms with E-state index in [0.717, 1.165) is 42.9 Å². The summed E-state index contributed by atoms with van der Waals surface area (Å²) in [5, 5.41) is 0.640. The third-order valence-corrected chi connectivity index (χ3v) is 3.97. The van der Waals surface area contributed by atoms with E-state index < -0.39 is 0 Å². The summed E-state index contributed by atoms with van der Waals surface area (Å²) in [5.41, 5.74) is 2.71. The van der Waals surface area contributed by atoms with Crippen LogP contribution < -0.4 is 9.64 Å². The Balaban J connectivity index is 2.53. The van der Waals surface area contributed by atoms with Gasteiger partial charge in [0.15, 0.2) is 5.82 Å². The Kier molecular flexibility index (Phi) is 6.22. The zero-order valence-corrected chi connectivity index (χ0v) is 15.0. The standard InChI is InChI=1S/C18H24ClN3O/c1-5-11-22(12-6-2)16-13(3)20-17(21-18(16)23-4)14-9-7-8-10-15(14)19/h7-10H,5-6,11-12H2,1-4H3.